The topological polar surface area (TPSA) is 58.2 Å². The van der Waals surface area contributed by atoms with Gasteiger partial charge in [0.1, 0.15) is 5.41 Å². The second-order valence-corrected chi connectivity index (χ2v) is 8.71. The fourth-order valence-corrected chi connectivity index (χ4v) is 4.74. The van der Waals surface area contributed by atoms with Crippen LogP contribution >= 0.6 is 34.8 Å². The van der Waals surface area contributed by atoms with Gasteiger partial charge in [-0.2, -0.15) is 0 Å². The molecule has 1 saturated heterocycles. The molecule has 2 amide bonds. The number of hydrogen-bond acceptors (Lipinski definition) is 2. The summed E-state index contributed by atoms with van der Waals surface area (Å²) in [6.45, 7) is 0. The SMILES string of the molecule is Clc1ccccc1.O=C1CC[C@]2(C(=O)Nc3cc(Cl)ccc32)[C@@H](c2ccccc2Cl)N1. The molecule has 2 aliphatic heterocycles. The number of piperidine rings is 1. The molecule has 0 radical (unpaired) electrons. The van der Waals surface area contributed by atoms with Crippen molar-refractivity contribution in [2.24, 2.45) is 0 Å². The molecule has 31 heavy (non-hydrogen) atoms. The Kier molecular flexibility index (Phi) is 6.24. The Morgan fingerprint density at radius 1 is 0.839 bits per heavy atom. The number of anilines is 1. The Labute approximate surface area is 195 Å². The molecule has 2 atom stereocenters. The van der Waals surface area contributed by atoms with Crippen molar-refractivity contribution in [3.63, 3.8) is 0 Å². The van der Waals surface area contributed by atoms with Crippen molar-refractivity contribution < 1.29 is 9.59 Å². The largest absolute Gasteiger partial charge is 0.348 e. The van der Waals surface area contributed by atoms with Crippen molar-refractivity contribution in [2.45, 2.75) is 24.3 Å². The third-order valence-corrected chi connectivity index (χ3v) is 6.44. The highest BCUT2D eigenvalue weighted by molar-refractivity contribution is 6.32. The maximum Gasteiger partial charge on any atom is 0.237 e. The molecule has 3 aromatic rings. The highest BCUT2D eigenvalue weighted by atomic mass is 35.5. The predicted molar refractivity (Wildman–Crippen MR) is 125 cm³/mol. The molecule has 5 rings (SSSR count). The highest BCUT2D eigenvalue weighted by Gasteiger charge is 2.55. The molecule has 7 heteroatoms. The maximum atomic E-state index is 13.0. The Morgan fingerprint density at radius 3 is 2.23 bits per heavy atom. The van der Waals surface area contributed by atoms with E-state index < -0.39 is 11.5 Å². The van der Waals surface area contributed by atoms with Crippen LogP contribution in [0.1, 0.15) is 30.0 Å². The van der Waals surface area contributed by atoms with Crippen molar-refractivity contribution in [1.82, 2.24) is 5.32 Å². The zero-order valence-electron chi connectivity index (χ0n) is 16.4. The van der Waals surface area contributed by atoms with E-state index in [0.717, 1.165) is 16.1 Å². The number of nitrogens with one attached hydrogen (secondary N) is 2. The quantitative estimate of drug-likeness (QED) is 0.444. The summed E-state index contributed by atoms with van der Waals surface area (Å²) in [6.07, 6.45) is 0.714. The molecule has 1 spiro atoms. The molecule has 0 saturated carbocycles. The lowest BCUT2D eigenvalue weighted by Gasteiger charge is -2.40. The van der Waals surface area contributed by atoms with Crippen LogP contribution in [-0.2, 0) is 15.0 Å². The normalized spacial score (nSPS) is 21.6. The van der Waals surface area contributed by atoms with Gasteiger partial charge in [-0.1, -0.05) is 77.3 Å². The van der Waals surface area contributed by atoms with Gasteiger partial charge in [-0.25, -0.2) is 0 Å². The monoisotopic (exact) mass is 472 g/mol. The van der Waals surface area contributed by atoms with Crippen molar-refractivity contribution in [3.05, 3.63) is 99.0 Å². The molecule has 0 unspecified atom stereocenters. The standard InChI is InChI=1S/C18H14Cl2N2O2.C6H5Cl/c19-10-5-6-12-14(9-10)21-17(24)18(12)8-7-15(23)22-16(18)11-3-1-2-4-13(11)20;7-6-4-2-1-3-5-6/h1-6,9,16H,7-8H2,(H,21,24)(H,22,23);1-5H/t16-,18-;/m1./s1. The summed E-state index contributed by atoms with van der Waals surface area (Å²) in [4.78, 5) is 25.0. The van der Waals surface area contributed by atoms with Crippen molar-refractivity contribution in [2.75, 3.05) is 5.32 Å². The predicted octanol–water partition coefficient (Wildman–Crippen LogP) is 6.17. The summed E-state index contributed by atoms with van der Waals surface area (Å²) in [7, 11) is 0. The van der Waals surface area contributed by atoms with Crippen LogP contribution in [0.25, 0.3) is 0 Å². The molecular formula is C24H19Cl3N2O2. The summed E-state index contributed by atoms with van der Waals surface area (Å²) >= 11 is 18.0. The van der Waals surface area contributed by atoms with E-state index in [1.807, 2.05) is 54.6 Å². The lowest BCUT2D eigenvalue weighted by atomic mass is 9.67. The van der Waals surface area contributed by atoms with Crippen LogP contribution in [0, 0.1) is 0 Å². The van der Waals surface area contributed by atoms with E-state index in [1.165, 1.54) is 0 Å². The second kappa shape index (κ2) is 8.91. The maximum absolute atomic E-state index is 13.0. The second-order valence-electron chi connectivity index (χ2n) is 7.43. The fourth-order valence-electron chi connectivity index (χ4n) is 4.18. The van der Waals surface area contributed by atoms with Crippen molar-refractivity contribution >= 4 is 52.3 Å². The third kappa shape index (κ3) is 4.16. The summed E-state index contributed by atoms with van der Waals surface area (Å²) in [5.41, 5.74) is 1.41. The number of rotatable bonds is 1. The number of amides is 2. The van der Waals surface area contributed by atoms with E-state index in [4.69, 9.17) is 34.8 Å². The van der Waals surface area contributed by atoms with Crippen LogP contribution in [0.2, 0.25) is 15.1 Å². The van der Waals surface area contributed by atoms with Crippen LogP contribution < -0.4 is 10.6 Å². The summed E-state index contributed by atoms with van der Waals surface area (Å²) in [5, 5.41) is 7.77. The minimum Gasteiger partial charge on any atom is -0.348 e. The van der Waals surface area contributed by atoms with E-state index in [2.05, 4.69) is 10.6 Å². The Morgan fingerprint density at radius 2 is 1.55 bits per heavy atom. The number of benzene rings is 3. The van der Waals surface area contributed by atoms with E-state index in [1.54, 1.807) is 18.2 Å². The van der Waals surface area contributed by atoms with E-state index in [-0.39, 0.29) is 18.2 Å². The lowest BCUT2D eigenvalue weighted by molar-refractivity contribution is -0.130. The van der Waals surface area contributed by atoms with Gasteiger partial charge in [-0.05, 0) is 47.9 Å². The average Bonchev–Trinajstić information content (AvgIpc) is 3.02. The summed E-state index contributed by atoms with van der Waals surface area (Å²) in [5.74, 6) is -0.217. The zero-order chi connectivity index (χ0) is 22.0. The van der Waals surface area contributed by atoms with Gasteiger partial charge in [0.2, 0.25) is 11.8 Å². The van der Waals surface area contributed by atoms with E-state index >= 15 is 0 Å². The first-order valence-electron chi connectivity index (χ1n) is 9.77. The van der Waals surface area contributed by atoms with Crippen molar-refractivity contribution in [3.8, 4) is 0 Å². The van der Waals surface area contributed by atoms with Gasteiger partial charge in [0, 0.05) is 27.2 Å². The molecule has 2 N–H and O–H groups in total. The van der Waals surface area contributed by atoms with Gasteiger partial charge in [-0.15, -0.1) is 0 Å². The van der Waals surface area contributed by atoms with E-state index in [0.29, 0.717) is 22.2 Å². The molecule has 158 valence electrons. The minimum absolute atomic E-state index is 0.0826. The smallest absolute Gasteiger partial charge is 0.237 e. The van der Waals surface area contributed by atoms with Gasteiger partial charge in [0.25, 0.3) is 0 Å². The number of hydrogen-bond donors (Lipinski definition) is 2. The first-order chi connectivity index (χ1) is 14.9. The van der Waals surface area contributed by atoms with Crippen LogP contribution in [0.5, 0.6) is 0 Å². The van der Waals surface area contributed by atoms with Gasteiger partial charge >= 0.3 is 0 Å². The van der Waals surface area contributed by atoms with Gasteiger partial charge in [0.15, 0.2) is 0 Å². The van der Waals surface area contributed by atoms with Gasteiger partial charge < -0.3 is 10.6 Å². The fraction of sp³-hybridized carbons (Fsp3) is 0.167. The molecule has 2 aliphatic rings. The molecular weight excluding hydrogens is 455 g/mol. The van der Waals surface area contributed by atoms with Crippen LogP contribution in [0.4, 0.5) is 5.69 Å². The highest BCUT2D eigenvalue weighted by Crippen LogP contribution is 2.52. The number of carbonyl (C=O) groups excluding carboxylic acids is 2. The Bertz CT molecular complexity index is 1140. The zero-order valence-corrected chi connectivity index (χ0v) is 18.6. The average molecular weight is 474 g/mol. The number of fused-ring (bicyclic) bond motifs is 2. The third-order valence-electron chi connectivity index (χ3n) is 5.61. The van der Waals surface area contributed by atoms with Crippen molar-refractivity contribution in [1.29, 1.82) is 0 Å². The summed E-state index contributed by atoms with van der Waals surface area (Å²) < 4.78 is 0. The first-order valence-corrected chi connectivity index (χ1v) is 10.9. The Balaban J connectivity index is 0.000000282. The van der Waals surface area contributed by atoms with E-state index in [9.17, 15) is 9.59 Å². The van der Waals surface area contributed by atoms with Crippen LogP contribution in [0.3, 0.4) is 0 Å². The number of carbonyl (C=O) groups is 2. The molecule has 0 aliphatic carbocycles. The molecule has 4 nitrogen and oxygen atoms in total. The van der Waals surface area contributed by atoms with Crippen LogP contribution in [-0.4, -0.2) is 11.8 Å². The minimum atomic E-state index is -0.876. The Hall–Kier alpha value is -2.53. The van der Waals surface area contributed by atoms with Gasteiger partial charge in [-0.3, -0.25) is 9.59 Å². The number of halogens is 3. The summed E-state index contributed by atoms with van der Waals surface area (Å²) in [6, 6.07) is 21.6. The molecule has 3 aromatic carbocycles. The molecule has 0 aromatic heterocycles. The molecule has 1 fully saturated rings. The molecule has 2 heterocycles. The first kappa shape index (κ1) is 21.7. The lowest BCUT2D eigenvalue weighted by Crippen LogP contribution is -2.52. The van der Waals surface area contributed by atoms with Gasteiger partial charge in [0.05, 0.1) is 6.04 Å². The van der Waals surface area contributed by atoms with Crippen LogP contribution in [0.15, 0.2) is 72.8 Å². The molecule has 0 bridgehead atoms.